The molecule has 1 fully saturated rings. The minimum absolute atomic E-state index is 0.0144. The van der Waals surface area contributed by atoms with E-state index in [0.29, 0.717) is 25.8 Å². The van der Waals surface area contributed by atoms with Crippen LogP contribution in [0.25, 0.3) is 0 Å². The van der Waals surface area contributed by atoms with Crippen LogP contribution in [0.5, 0.6) is 0 Å². The van der Waals surface area contributed by atoms with Crippen LogP contribution < -0.4 is 10.8 Å². The van der Waals surface area contributed by atoms with Crippen molar-refractivity contribution in [1.29, 1.82) is 0 Å². The van der Waals surface area contributed by atoms with E-state index in [-0.39, 0.29) is 30.6 Å². The number of carbonyl (C=O) groups excluding carboxylic acids is 2. The highest BCUT2D eigenvalue weighted by atomic mass is 16.7. The first-order valence-electron chi connectivity index (χ1n) is 20.5. The molecule has 9 nitrogen and oxygen atoms in total. The van der Waals surface area contributed by atoms with E-state index < -0.39 is 6.29 Å². The lowest BCUT2D eigenvalue weighted by Gasteiger charge is -2.38. The van der Waals surface area contributed by atoms with Crippen molar-refractivity contribution >= 4 is 11.8 Å². The number of hydrogen-bond acceptors (Lipinski definition) is 7. The number of unbranched alkanes of at least 4 members (excludes halogenated alkanes) is 13. The molecule has 52 heavy (non-hydrogen) atoms. The molecule has 1 saturated heterocycles. The first kappa shape index (κ1) is 43.6. The van der Waals surface area contributed by atoms with Gasteiger partial charge in [0.2, 0.25) is 11.8 Å². The van der Waals surface area contributed by atoms with Gasteiger partial charge in [0, 0.05) is 37.9 Å². The molecule has 292 valence electrons. The van der Waals surface area contributed by atoms with Gasteiger partial charge in [-0.15, -0.1) is 0 Å². The molecule has 3 atom stereocenters. The fraction of sp³-hybridized carbons (Fsp3) is 0.674. The van der Waals surface area contributed by atoms with Gasteiger partial charge in [0.05, 0.1) is 18.8 Å². The van der Waals surface area contributed by atoms with E-state index in [1.165, 1.54) is 77.0 Å². The third-order valence-electron chi connectivity index (χ3n) is 10.2. The molecule has 9 heteroatoms. The van der Waals surface area contributed by atoms with Crippen molar-refractivity contribution in [2.75, 3.05) is 19.6 Å². The quantitative estimate of drug-likeness (QED) is 0.0393. The van der Waals surface area contributed by atoms with Gasteiger partial charge in [0.15, 0.2) is 6.29 Å². The van der Waals surface area contributed by atoms with Crippen LogP contribution in [-0.2, 0) is 32.2 Å². The first-order chi connectivity index (χ1) is 25.4. The normalized spacial score (nSPS) is 17.4. The molecule has 0 unspecified atom stereocenters. The molecule has 0 aromatic heterocycles. The number of aliphatic hydroxyl groups is 1. The minimum Gasteiger partial charge on any atom is -0.392 e. The monoisotopic (exact) mass is 724 g/mol. The number of benzene rings is 2. The summed E-state index contributed by atoms with van der Waals surface area (Å²) in [6.07, 6.45) is 19.6. The Balaban J connectivity index is 1.60. The summed E-state index contributed by atoms with van der Waals surface area (Å²) in [6, 6.07) is 16.3. The van der Waals surface area contributed by atoms with E-state index in [4.69, 9.17) is 14.7 Å². The number of rotatable bonds is 28. The number of aliphatic hydroxyl groups excluding tert-OH is 1. The summed E-state index contributed by atoms with van der Waals surface area (Å²) in [6.45, 7) is 8.11. The molecule has 3 rings (SSSR count). The molecule has 0 aliphatic carbocycles. The summed E-state index contributed by atoms with van der Waals surface area (Å²) in [5.41, 5.74) is 5.61. The number of amides is 2. The number of ether oxygens (including phenoxy) is 2. The van der Waals surface area contributed by atoms with Gasteiger partial charge >= 0.3 is 0 Å². The van der Waals surface area contributed by atoms with Crippen LogP contribution in [0.3, 0.4) is 0 Å². The Kier molecular flexibility index (Phi) is 22.5. The number of hydrogen-bond donors (Lipinski definition) is 4. The standard InChI is InChI=1S/C43H69N3O6/c1-3-5-7-9-13-17-29-46(30-18-14-10-8-6-4-2)33-39-31-40(37-25-23-36(34-47)24-26-37)52-43(51-39)38-27-21-35(22-28-38)32-44-41(48)19-15-11-12-16-20-42(49)45-50/h21-28,39-40,43,47,50H,3-20,29-34H2,1-2H3,(H,44,48)(H,45,49)/t39-,40+,43+/m0/s1. The average molecular weight is 724 g/mol. The molecule has 0 bridgehead atoms. The molecule has 0 radical (unpaired) electrons. The second kappa shape index (κ2) is 26.9. The highest BCUT2D eigenvalue weighted by Gasteiger charge is 2.33. The maximum atomic E-state index is 12.4. The van der Waals surface area contributed by atoms with Crippen molar-refractivity contribution in [2.45, 2.75) is 167 Å². The van der Waals surface area contributed by atoms with Crippen LogP contribution in [0.1, 0.15) is 170 Å². The predicted octanol–water partition coefficient (Wildman–Crippen LogP) is 9.21. The number of hydroxylamine groups is 1. The lowest BCUT2D eigenvalue weighted by atomic mass is 9.99. The fourth-order valence-corrected chi connectivity index (χ4v) is 6.91. The molecule has 2 aromatic carbocycles. The second-order valence-corrected chi connectivity index (χ2v) is 14.7. The van der Waals surface area contributed by atoms with Crippen LogP contribution in [0, 0.1) is 0 Å². The zero-order valence-electron chi connectivity index (χ0n) is 32.3. The summed E-state index contributed by atoms with van der Waals surface area (Å²) >= 11 is 0. The Hall–Kier alpha value is -2.82. The zero-order chi connectivity index (χ0) is 37.2. The maximum Gasteiger partial charge on any atom is 0.243 e. The average Bonchev–Trinajstić information content (AvgIpc) is 3.17. The third-order valence-corrected chi connectivity index (χ3v) is 10.2. The van der Waals surface area contributed by atoms with E-state index in [9.17, 15) is 14.7 Å². The Morgan fingerprint density at radius 2 is 1.19 bits per heavy atom. The molecule has 1 aliphatic heterocycles. The summed E-state index contributed by atoms with van der Waals surface area (Å²) < 4.78 is 13.4. The fourth-order valence-electron chi connectivity index (χ4n) is 6.91. The van der Waals surface area contributed by atoms with Gasteiger partial charge in [-0.05, 0) is 55.5 Å². The molecular formula is C43H69N3O6. The minimum atomic E-state index is -0.502. The Morgan fingerprint density at radius 3 is 1.77 bits per heavy atom. The van der Waals surface area contributed by atoms with Crippen LogP contribution in [0.15, 0.2) is 48.5 Å². The second-order valence-electron chi connectivity index (χ2n) is 14.7. The van der Waals surface area contributed by atoms with Gasteiger partial charge in [-0.2, -0.15) is 0 Å². The molecule has 4 N–H and O–H groups in total. The van der Waals surface area contributed by atoms with Crippen LogP contribution in [-0.4, -0.2) is 52.8 Å². The van der Waals surface area contributed by atoms with Crippen molar-refractivity contribution in [3.63, 3.8) is 0 Å². The SMILES string of the molecule is CCCCCCCCN(CCCCCCCC)C[C@@H]1C[C@H](c2ccc(CO)cc2)O[C@H](c2ccc(CNC(=O)CCCCCCC(=O)NO)cc2)O1. The molecule has 0 spiro atoms. The lowest BCUT2D eigenvalue weighted by molar-refractivity contribution is -0.253. The number of nitrogens with zero attached hydrogens (tertiary/aromatic N) is 1. The molecule has 0 saturated carbocycles. The van der Waals surface area contributed by atoms with Gasteiger partial charge in [-0.3, -0.25) is 14.8 Å². The Labute approximate surface area is 314 Å². The van der Waals surface area contributed by atoms with Crippen molar-refractivity contribution in [3.8, 4) is 0 Å². The largest absolute Gasteiger partial charge is 0.392 e. The van der Waals surface area contributed by atoms with Gasteiger partial charge in [0.25, 0.3) is 0 Å². The summed E-state index contributed by atoms with van der Waals surface area (Å²) in [4.78, 5) is 26.2. The van der Waals surface area contributed by atoms with Gasteiger partial charge in [-0.1, -0.05) is 139 Å². The van der Waals surface area contributed by atoms with E-state index in [1.807, 2.05) is 36.4 Å². The van der Waals surface area contributed by atoms with E-state index >= 15 is 0 Å². The summed E-state index contributed by atoms with van der Waals surface area (Å²) in [5.74, 6) is -0.358. The maximum absolute atomic E-state index is 12.4. The van der Waals surface area contributed by atoms with Crippen LogP contribution >= 0.6 is 0 Å². The van der Waals surface area contributed by atoms with Crippen molar-refractivity contribution in [2.24, 2.45) is 0 Å². The van der Waals surface area contributed by atoms with Crippen molar-refractivity contribution < 1.29 is 29.4 Å². The Bertz CT molecular complexity index is 1210. The summed E-state index contributed by atoms with van der Waals surface area (Å²) in [7, 11) is 0. The van der Waals surface area contributed by atoms with E-state index in [1.54, 1.807) is 5.48 Å². The molecule has 2 aromatic rings. The third kappa shape index (κ3) is 17.8. The van der Waals surface area contributed by atoms with Gasteiger partial charge < -0.3 is 24.8 Å². The zero-order valence-corrected chi connectivity index (χ0v) is 32.3. The van der Waals surface area contributed by atoms with Gasteiger partial charge in [0.1, 0.15) is 0 Å². The highest BCUT2D eigenvalue weighted by Crippen LogP contribution is 2.38. The van der Waals surface area contributed by atoms with Crippen molar-refractivity contribution in [3.05, 3.63) is 70.8 Å². The molecular weight excluding hydrogens is 654 g/mol. The lowest BCUT2D eigenvalue weighted by Crippen LogP contribution is -2.40. The highest BCUT2D eigenvalue weighted by molar-refractivity contribution is 5.75. The summed E-state index contributed by atoms with van der Waals surface area (Å²) in [5, 5.41) is 21.2. The van der Waals surface area contributed by atoms with Crippen molar-refractivity contribution in [1.82, 2.24) is 15.7 Å². The molecule has 1 heterocycles. The van der Waals surface area contributed by atoms with Gasteiger partial charge in [-0.25, -0.2) is 5.48 Å². The number of nitrogens with one attached hydrogen (secondary N) is 2. The Morgan fingerprint density at radius 1 is 0.673 bits per heavy atom. The topological polar surface area (TPSA) is 120 Å². The molecule has 1 aliphatic rings. The predicted molar refractivity (Wildman–Crippen MR) is 208 cm³/mol. The van der Waals surface area contributed by atoms with E-state index in [2.05, 4.69) is 36.2 Å². The first-order valence-corrected chi connectivity index (χ1v) is 20.5. The smallest absolute Gasteiger partial charge is 0.243 e. The van der Waals surface area contributed by atoms with E-state index in [0.717, 1.165) is 67.6 Å². The molecule has 2 amide bonds. The van der Waals surface area contributed by atoms with Crippen LogP contribution in [0.4, 0.5) is 0 Å². The number of carbonyl (C=O) groups is 2. The van der Waals surface area contributed by atoms with Crippen LogP contribution in [0.2, 0.25) is 0 Å².